The molecule has 4 rings (SSSR count). The Morgan fingerprint density at radius 1 is 1.30 bits per heavy atom. The molecular formula is C21H34N6O3. The van der Waals surface area contributed by atoms with E-state index in [1.807, 2.05) is 22.6 Å². The normalized spacial score (nSPS) is 27.3. The standard InChI is InChI=1S/C21H34N6O3/c1-3-30-20(29)27-10-6-21(15-27)12-17(13-21)25-8-4-16(5-9-25)19-23-7-11-26(19)14-18(28)24(2)22/h7,11,16-17H,3-6,8-10,12-15,22H2,1-2H3. The maximum Gasteiger partial charge on any atom is 0.409 e. The average molecular weight is 419 g/mol. The van der Waals surface area contributed by atoms with Crippen LogP contribution in [0.2, 0.25) is 0 Å². The first-order valence-corrected chi connectivity index (χ1v) is 11.1. The van der Waals surface area contributed by atoms with Crippen LogP contribution in [0, 0.1) is 5.41 Å². The molecular weight excluding hydrogens is 384 g/mol. The SMILES string of the molecule is CCOC(=O)N1CCC2(CC(N3CCC(c4nccn4CC(=O)N(C)N)CC3)C2)C1. The number of nitrogens with two attached hydrogens (primary N) is 1. The number of hydrogen-bond donors (Lipinski definition) is 1. The van der Waals surface area contributed by atoms with Crippen molar-refractivity contribution in [1.29, 1.82) is 0 Å². The van der Waals surface area contributed by atoms with Crippen molar-refractivity contribution in [3.63, 3.8) is 0 Å². The van der Waals surface area contributed by atoms with E-state index < -0.39 is 0 Å². The summed E-state index contributed by atoms with van der Waals surface area (Å²) in [5, 5.41) is 1.13. The summed E-state index contributed by atoms with van der Waals surface area (Å²) in [5.74, 6) is 6.81. The molecule has 3 heterocycles. The summed E-state index contributed by atoms with van der Waals surface area (Å²) in [7, 11) is 1.57. The Labute approximate surface area is 178 Å². The van der Waals surface area contributed by atoms with Gasteiger partial charge in [-0.1, -0.05) is 0 Å². The summed E-state index contributed by atoms with van der Waals surface area (Å²) < 4.78 is 7.10. The molecule has 2 saturated heterocycles. The third-order valence-corrected chi connectivity index (χ3v) is 7.16. The van der Waals surface area contributed by atoms with Gasteiger partial charge < -0.3 is 19.1 Å². The largest absolute Gasteiger partial charge is 0.450 e. The lowest BCUT2D eigenvalue weighted by Crippen LogP contribution is -2.54. The zero-order valence-electron chi connectivity index (χ0n) is 18.1. The van der Waals surface area contributed by atoms with E-state index in [0.29, 0.717) is 24.0 Å². The van der Waals surface area contributed by atoms with Crippen molar-refractivity contribution in [3.05, 3.63) is 18.2 Å². The highest BCUT2D eigenvalue weighted by Gasteiger charge is 2.51. The van der Waals surface area contributed by atoms with Crippen molar-refractivity contribution in [2.45, 2.75) is 57.5 Å². The van der Waals surface area contributed by atoms with Crippen LogP contribution in [-0.4, -0.2) is 82.2 Å². The van der Waals surface area contributed by atoms with E-state index in [4.69, 9.17) is 10.6 Å². The Balaban J connectivity index is 1.26. The molecule has 1 aromatic heterocycles. The van der Waals surface area contributed by atoms with Gasteiger partial charge in [0.1, 0.15) is 12.4 Å². The first-order chi connectivity index (χ1) is 14.4. The van der Waals surface area contributed by atoms with Crippen LogP contribution in [0.25, 0.3) is 0 Å². The van der Waals surface area contributed by atoms with Crippen molar-refractivity contribution in [1.82, 2.24) is 24.4 Å². The predicted octanol–water partition coefficient (Wildman–Crippen LogP) is 1.41. The van der Waals surface area contributed by atoms with Gasteiger partial charge in [-0.2, -0.15) is 0 Å². The first-order valence-electron chi connectivity index (χ1n) is 11.1. The van der Waals surface area contributed by atoms with Gasteiger partial charge in [0.2, 0.25) is 0 Å². The number of rotatable bonds is 5. The number of carbonyl (C=O) groups is 2. The van der Waals surface area contributed by atoms with Gasteiger partial charge in [0, 0.05) is 44.5 Å². The van der Waals surface area contributed by atoms with E-state index in [2.05, 4.69) is 9.88 Å². The zero-order valence-corrected chi connectivity index (χ0v) is 18.1. The molecule has 1 saturated carbocycles. The zero-order chi connectivity index (χ0) is 21.3. The highest BCUT2D eigenvalue weighted by Crippen LogP contribution is 2.51. The molecule has 30 heavy (non-hydrogen) atoms. The molecule has 3 fully saturated rings. The second-order valence-corrected chi connectivity index (χ2v) is 9.16. The van der Waals surface area contributed by atoms with E-state index in [-0.39, 0.29) is 18.5 Å². The van der Waals surface area contributed by atoms with Crippen LogP contribution in [0.15, 0.2) is 12.4 Å². The molecule has 2 N–H and O–H groups in total. The van der Waals surface area contributed by atoms with Crippen LogP contribution in [0.1, 0.15) is 50.8 Å². The lowest BCUT2D eigenvalue weighted by Gasteiger charge is -2.51. The van der Waals surface area contributed by atoms with Crippen LogP contribution < -0.4 is 5.84 Å². The number of piperidine rings is 1. The molecule has 3 aliphatic rings. The van der Waals surface area contributed by atoms with Crippen molar-refractivity contribution in [2.75, 3.05) is 39.8 Å². The van der Waals surface area contributed by atoms with E-state index in [9.17, 15) is 9.59 Å². The lowest BCUT2D eigenvalue weighted by atomic mass is 9.64. The third kappa shape index (κ3) is 4.18. The van der Waals surface area contributed by atoms with Gasteiger partial charge in [-0.05, 0) is 57.5 Å². The minimum Gasteiger partial charge on any atom is -0.450 e. The number of amides is 2. The van der Waals surface area contributed by atoms with Gasteiger partial charge in [0.15, 0.2) is 0 Å². The third-order valence-electron chi connectivity index (χ3n) is 7.16. The van der Waals surface area contributed by atoms with E-state index in [1.165, 1.54) is 12.8 Å². The van der Waals surface area contributed by atoms with Crippen LogP contribution in [0.4, 0.5) is 4.79 Å². The van der Waals surface area contributed by atoms with Crippen LogP contribution in [0.3, 0.4) is 0 Å². The van der Waals surface area contributed by atoms with E-state index in [1.54, 1.807) is 13.2 Å². The fraction of sp³-hybridized carbons (Fsp3) is 0.762. The molecule has 9 nitrogen and oxygen atoms in total. The van der Waals surface area contributed by atoms with Crippen LogP contribution in [-0.2, 0) is 16.1 Å². The highest BCUT2D eigenvalue weighted by atomic mass is 16.6. The Hall–Kier alpha value is -2.13. The molecule has 0 radical (unpaired) electrons. The first kappa shape index (κ1) is 21.1. The number of imidazole rings is 1. The molecule has 2 aliphatic heterocycles. The maximum atomic E-state index is 12.0. The van der Waals surface area contributed by atoms with E-state index >= 15 is 0 Å². The quantitative estimate of drug-likeness (QED) is 0.441. The monoisotopic (exact) mass is 418 g/mol. The van der Waals surface area contributed by atoms with Gasteiger partial charge in [-0.3, -0.25) is 9.80 Å². The van der Waals surface area contributed by atoms with Crippen LogP contribution in [0.5, 0.6) is 0 Å². The second-order valence-electron chi connectivity index (χ2n) is 9.16. The smallest absolute Gasteiger partial charge is 0.409 e. The summed E-state index contributed by atoms with van der Waals surface area (Å²) in [5.41, 5.74) is 0.305. The van der Waals surface area contributed by atoms with Gasteiger partial charge in [0.25, 0.3) is 5.91 Å². The second kappa shape index (κ2) is 8.55. The number of nitrogens with zero attached hydrogens (tertiary/aromatic N) is 5. The molecule has 1 aliphatic carbocycles. The van der Waals surface area contributed by atoms with Crippen molar-refractivity contribution < 1.29 is 14.3 Å². The number of likely N-dealkylation sites (tertiary alicyclic amines) is 2. The Kier molecular flexibility index (Phi) is 6.02. The fourth-order valence-corrected chi connectivity index (χ4v) is 5.43. The average Bonchev–Trinajstić information content (AvgIpc) is 3.34. The van der Waals surface area contributed by atoms with Gasteiger partial charge in [-0.15, -0.1) is 0 Å². The summed E-state index contributed by atoms with van der Waals surface area (Å²) in [4.78, 5) is 33.0. The minimum absolute atomic E-state index is 0.125. The van der Waals surface area contributed by atoms with E-state index in [0.717, 1.165) is 56.3 Å². The molecule has 166 valence electrons. The number of aromatic nitrogens is 2. The van der Waals surface area contributed by atoms with Crippen molar-refractivity contribution in [2.24, 2.45) is 11.3 Å². The molecule has 1 aromatic rings. The number of hydrazine groups is 1. The summed E-state index contributed by atoms with van der Waals surface area (Å²) >= 11 is 0. The molecule has 0 atom stereocenters. The number of carbonyl (C=O) groups excluding carboxylic acids is 2. The molecule has 1 spiro atoms. The fourth-order valence-electron chi connectivity index (χ4n) is 5.43. The van der Waals surface area contributed by atoms with Crippen LogP contribution >= 0.6 is 0 Å². The van der Waals surface area contributed by atoms with Gasteiger partial charge in [0.05, 0.1) is 6.61 Å². The molecule has 0 bridgehead atoms. The molecule has 0 unspecified atom stereocenters. The lowest BCUT2D eigenvalue weighted by molar-refractivity contribution is -0.130. The highest BCUT2D eigenvalue weighted by molar-refractivity contribution is 5.75. The predicted molar refractivity (Wildman–Crippen MR) is 111 cm³/mol. The Morgan fingerprint density at radius 3 is 2.70 bits per heavy atom. The minimum atomic E-state index is -0.159. The Morgan fingerprint density at radius 2 is 2.03 bits per heavy atom. The summed E-state index contributed by atoms with van der Waals surface area (Å²) in [6.07, 6.45) is 9.06. The maximum absolute atomic E-state index is 12.0. The summed E-state index contributed by atoms with van der Waals surface area (Å²) in [6, 6.07) is 0.625. The molecule has 0 aromatic carbocycles. The van der Waals surface area contributed by atoms with Gasteiger partial charge >= 0.3 is 6.09 Å². The number of ether oxygens (including phenoxy) is 1. The van der Waals surface area contributed by atoms with Gasteiger partial charge in [-0.25, -0.2) is 15.6 Å². The van der Waals surface area contributed by atoms with Crippen molar-refractivity contribution >= 4 is 12.0 Å². The number of hydrogen-bond acceptors (Lipinski definition) is 6. The Bertz CT molecular complexity index is 765. The van der Waals surface area contributed by atoms with Crippen molar-refractivity contribution in [3.8, 4) is 0 Å². The number of likely N-dealkylation sites (N-methyl/N-ethyl adjacent to an activating group) is 1. The topological polar surface area (TPSA) is 96.9 Å². The summed E-state index contributed by atoms with van der Waals surface area (Å²) in [6.45, 7) is 6.33. The molecule has 2 amide bonds. The molecule has 9 heteroatoms.